The predicted octanol–water partition coefficient (Wildman–Crippen LogP) is 5.69. The van der Waals surface area contributed by atoms with E-state index in [1.165, 1.54) is 0 Å². The van der Waals surface area contributed by atoms with E-state index in [0.29, 0.717) is 19.8 Å². The van der Waals surface area contributed by atoms with Gasteiger partial charge >= 0.3 is 0 Å². The van der Waals surface area contributed by atoms with Crippen molar-refractivity contribution in [3.05, 3.63) is 33.8 Å². The Kier molecular flexibility index (Phi) is 10.4. The Bertz CT molecular complexity index is 567. The Hall–Kier alpha value is -1.39. The molecule has 0 radical (unpaired) electrons. The third kappa shape index (κ3) is 8.50. The van der Waals surface area contributed by atoms with Gasteiger partial charge in [-0.1, -0.05) is 42.2 Å². The van der Waals surface area contributed by atoms with E-state index in [2.05, 4.69) is 19.0 Å². The molecule has 0 unspecified atom stereocenters. The largest absolute Gasteiger partial charge is 0.493 e. The second-order valence-corrected chi connectivity index (χ2v) is 6.66. The van der Waals surface area contributed by atoms with Gasteiger partial charge in [-0.2, -0.15) is 0 Å². The minimum Gasteiger partial charge on any atom is -0.493 e. The Morgan fingerprint density at radius 3 is 2.20 bits per heavy atom. The number of aryl methyl sites for hydroxylation is 2. The molecule has 6 heteroatoms. The first-order chi connectivity index (χ1) is 12.0. The molecule has 0 aliphatic rings. The first kappa shape index (κ1) is 21.7. The van der Waals surface area contributed by atoms with Crippen molar-refractivity contribution in [1.82, 2.24) is 0 Å². The quantitative estimate of drug-likeness (QED) is 0.278. The summed E-state index contributed by atoms with van der Waals surface area (Å²) in [7, 11) is 0. The van der Waals surface area contributed by atoms with Crippen LogP contribution in [0, 0.1) is 0 Å². The average molecular weight is 388 g/mol. The summed E-state index contributed by atoms with van der Waals surface area (Å²) in [5.74, 6) is 1.74. The van der Waals surface area contributed by atoms with Crippen LogP contribution in [0.4, 0.5) is 0 Å². The van der Waals surface area contributed by atoms with Crippen LogP contribution < -0.4 is 9.47 Å². The maximum atomic E-state index is 6.02. The van der Waals surface area contributed by atoms with Gasteiger partial charge in [-0.3, -0.25) is 0 Å². The van der Waals surface area contributed by atoms with E-state index < -0.39 is 0 Å². The molecule has 0 spiro atoms. The summed E-state index contributed by atoms with van der Waals surface area (Å²) in [5, 5.41) is 3.91. The minimum atomic E-state index is 0.205. The fourth-order valence-electron chi connectivity index (χ4n) is 2.19. The van der Waals surface area contributed by atoms with Crippen molar-refractivity contribution >= 4 is 28.9 Å². The maximum Gasteiger partial charge on any atom is 0.125 e. The van der Waals surface area contributed by atoms with Gasteiger partial charge in [-0.05, 0) is 56.0 Å². The molecule has 25 heavy (non-hydrogen) atoms. The molecule has 0 atom stereocenters. The van der Waals surface area contributed by atoms with Gasteiger partial charge in [-0.15, -0.1) is 0 Å². The van der Waals surface area contributed by atoms with Crippen LogP contribution in [0.3, 0.4) is 0 Å². The molecule has 0 amide bonds. The molecular weight excluding hydrogens is 361 g/mol. The van der Waals surface area contributed by atoms with Gasteiger partial charge in [0.25, 0.3) is 0 Å². The highest BCUT2D eigenvalue weighted by atomic mass is 35.5. The highest BCUT2D eigenvalue weighted by molar-refractivity contribution is 6.55. The highest BCUT2D eigenvalue weighted by Crippen LogP contribution is 2.31. The second-order valence-electron chi connectivity index (χ2n) is 5.66. The number of hydrogen-bond donors (Lipinski definition) is 0. The lowest BCUT2D eigenvalue weighted by Crippen LogP contribution is -2.06. The fourth-order valence-corrected chi connectivity index (χ4v) is 2.32. The summed E-state index contributed by atoms with van der Waals surface area (Å²) in [5.41, 5.74) is 3.15. The van der Waals surface area contributed by atoms with Gasteiger partial charge in [-0.25, -0.2) is 0 Å². The minimum absolute atomic E-state index is 0.205. The van der Waals surface area contributed by atoms with Crippen LogP contribution in [0.25, 0.3) is 0 Å². The van der Waals surface area contributed by atoms with E-state index in [1.54, 1.807) is 6.08 Å². The molecule has 0 heterocycles. The highest BCUT2D eigenvalue weighted by Gasteiger charge is 2.11. The van der Waals surface area contributed by atoms with Crippen LogP contribution in [0.1, 0.15) is 45.2 Å². The topological polar surface area (TPSA) is 40.0 Å². The summed E-state index contributed by atoms with van der Waals surface area (Å²) in [6.45, 7) is 9.47. The van der Waals surface area contributed by atoms with Crippen molar-refractivity contribution in [3.8, 4) is 11.5 Å². The fraction of sp³-hybridized carbons (Fsp3) is 0.526. The van der Waals surface area contributed by atoms with Crippen molar-refractivity contribution in [2.24, 2.45) is 5.16 Å². The van der Waals surface area contributed by atoms with E-state index in [-0.39, 0.29) is 4.49 Å². The molecule has 4 nitrogen and oxygen atoms in total. The number of rotatable bonds is 11. The number of nitrogens with zero attached hydrogens (tertiary/aromatic N) is 1. The maximum absolute atomic E-state index is 6.02. The van der Waals surface area contributed by atoms with Crippen molar-refractivity contribution in [3.63, 3.8) is 0 Å². The van der Waals surface area contributed by atoms with Crippen molar-refractivity contribution in [1.29, 1.82) is 0 Å². The monoisotopic (exact) mass is 387 g/mol. The van der Waals surface area contributed by atoms with Crippen LogP contribution in [-0.4, -0.2) is 25.5 Å². The lowest BCUT2D eigenvalue weighted by Gasteiger charge is -2.17. The van der Waals surface area contributed by atoms with Crippen molar-refractivity contribution in [2.45, 2.75) is 47.0 Å². The van der Waals surface area contributed by atoms with Gasteiger partial charge in [0.15, 0.2) is 0 Å². The van der Waals surface area contributed by atoms with Crippen LogP contribution in [-0.2, 0) is 17.7 Å². The molecule has 0 aliphatic heterocycles. The average Bonchev–Trinajstić information content (AvgIpc) is 2.57. The van der Waals surface area contributed by atoms with E-state index >= 15 is 0 Å². The molecule has 1 aromatic rings. The molecule has 0 fully saturated rings. The van der Waals surface area contributed by atoms with E-state index in [9.17, 15) is 0 Å². The zero-order chi connectivity index (χ0) is 18.7. The van der Waals surface area contributed by atoms with Gasteiger partial charge in [0.05, 0.1) is 12.3 Å². The third-order valence-corrected chi connectivity index (χ3v) is 3.65. The van der Waals surface area contributed by atoms with Crippen LogP contribution in [0.15, 0.2) is 27.9 Å². The summed E-state index contributed by atoms with van der Waals surface area (Å²) < 4.78 is 11.9. The predicted molar refractivity (Wildman–Crippen MR) is 105 cm³/mol. The normalized spacial score (nSPS) is 10.2. The lowest BCUT2D eigenvalue weighted by molar-refractivity contribution is 0.127. The molecule has 0 aromatic heterocycles. The van der Waals surface area contributed by atoms with Crippen LogP contribution in [0.5, 0.6) is 11.5 Å². The Morgan fingerprint density at radius 2 is 1.68 bits per heavy atom. The lowest BCUT2D eigenvalue weighted by atomic mass is 10.0. The zero-order valence-electron chi connectivity index (χ0n) is 15.4. The number of benzene rings is 1. The van der Waals surface area contributed by atoms with Crippen LogP contribution >= 0.6 is 23.2 Å². The first-order valence-corrected chi connectivity index (χ1v) is 9.29. The standard InChI is InChI=1S/C19H27Cl2NO3/c1-5-15-12-17(23-11-8-18(20)21)13-16(6-2)19(15)24-9-7-10-25-22-14(3)4/h8,12-13H,5-7,9-11H2,1-4H3. The van der Waals surface area contributed by atoms with Gasteiger partial charge in [0.1, 0.15) is 29.2 Å². The van der Waals surface area contributed by atoms with Gasteiger partial charge < -0.3 is 14.3 Å². The van der Waals surface area contributed by atoms with Crippen molar-refractivity contribution < 1.29 is 14.3 Å². The summed E-state index contributed by atoms with van der Waals surface area (Å²) in [6, 6.07) is 4.01. The summed E-state index contributed by atoms with van der Waals surface area (Å²) in [4.78, 5) is 5.19. The molecule has 140 valence electrons. The molecule has 0 saturated carbocycles. The van der Waals surface area contributed by atoms with E-state index in [1.807, 2.05) is 26.0 Å². The van der Waals surface area contributed by atoms with E-state index in [4.69, 9.17) is 37.5 Å². The molecule has 0 N–H and O–H groups in total. The summed E-state index contributed by atoms with van der Waals surface area (Å²) >= 11 is 11.2. The Labute approximate surface area is 160 Å². The second kappa shape index (κ2) is 12.0. The molecule has 1 aromatic carbocycles. The van der Waals surface area contributed by atoms with Gasteiger partial charge in [0, 0.05) is 6.42 Å². The number of oxime groups is 1. The van der Waals surface area contributed by atoms with Crippen LogP contribution in [0.2, 0.25) is 0 Å². The van der Waals surface area contributed by atoms with E-state index in [0.717, 1.165) is 47.6 Å². The molecule has 0 aliphatic carbocycles. The smallest absolute Gasteiger partial charge is 0.125 e. The molecule has 1 rings (SSSR count). The van der Waals surface area contributed by atoms with Crippen molar-refractivity contribution in [2.75, 3.05) is 19.8 Å². The Morgan fingerprint density at radius 1 is 1.04 bits per heavy atom. The number of hydrogen-bond acceptors (Lipinski definition) is 4. The zero-order valence-corrected chi connectivity index (χ0v) is 16.9. The first-order valence-electron chi connectivity index (χ1n) is 8.53. The number of halogens is 2. The summed E-state index contributed by atoms with van der Waals surface area (Å²) in [6.07, 6.45) is 4.12. The van der Waals surface area contributed by atoms with Gasteiger partial charge in [0.2, 0.25) is 0 Å². The SMILES string of the molecule is CCc1cc(OCC=C(Cl)Cl)cc(CC)c1OCCCON=C(C)C. The Balaban J connectivity index is 2.71. The number of ether oxygens (including phenoxy) is 2. The molecule has 0 bridgehead atoms. The molecule has 0 saturated heterocycles. The molecular formula is C19H27Cl2NO3. The third-order valence-electron chi connectivity index (χ3n) is 3.34.